The van der Waals surface area contributed by atoms with Crippen LogP contribution in [0, 0.1) is 0 Å². The van der Waals surface area contributed by atoms with Crippen LogP contribution in [0.1, 0.15) is 17.1 Å². The van der Waals surface area contributed by atoms with Gasteiger partial charge < -0.3 is 19.8 Å². The van der Waals surface area contributed by atoms with Crippen LogP contribution in [-0.2, 0) is 0 Å². The predicted molar refractivity (Wildman–Crippen MR) is 77.4 cm³/mol. The van der Waals surface area contributed by atoms with Crippen molar-refractivity contribution in [2.24, 2.45) is 0 Å². The van der Waals surface area contributed by atoms with Crippen LogP contribution in [-0.4, -0.2) is 36.4 Å². The highest BCUT2D eigenvalue weighted by atomic mass is 19.4. The first-order chi connectivity index (χ1) is 11.4. The van der Waals surface area contributed by atoms with Gasteiger partial charge in [-0.3, -0.25) is 4.79 Å². The number of amides is 1. The van der Waals surface area contributed by atoms with Crippen molar-refractivity contribution < 1.29 is 27.1 Å². The van der Waals surface area contributed by atoms with E-state index in [4.69, 9.17) is 4.42 Å². The zero-order valence-corrected chi connectivity index (χ0v) is 12.4. The van der Waals surface area contributed by atoms with Gasteiger partial charge in [-0.05, 0) is 25.1 Å². The molecule has 128 valence electrons. The lowest BCUT2D eigenvalue weighted by atomic mass is 10.2. The number of rotatable bonds is 4. The molecular formula is C15H14F3N3O3. The zero-order valence-electron chi connectivity index (χ0n) is 12.4. The fourth-order valence-electron chi connectivity index (χ4n) is 2.38. The van der Waals surface area contributed by atoms with Gasteiger partial charge in [-0.15, -0.1) is 13.2 Å². The van der Waals surface area contributed by atoms with Gasteiger partial charge in [0.2, 0.25) is 0 Å². The van der Waals surface area contributed by atoms with Crippen molar-refractivity contribution >= 4 is 5.91 Å². The minimum absolute atomic E-state index is 0.0105. The number of hydrogen-bond acceptors (Lipinski definition) is 5. The van der Waals surface area contributed by atoms with E-state index in [1.807, 2.05) is 0 Å². The quantitative estimate of drug-likeness (QED) is 0.893. The molecule has 0 radical (unpaired) electrons. The van der Waals surface area contributed by atoms with Gasteiger partial charge in [-0.25, -0.2) is 4.98 Å². The third-order valence-electron chi connectivity index (χ3n) is 3.45. The molecule has 0 saturated carbocycles. The fourth-order valence-corrected chi connectivity index (χ4v) is 2.38. The summed E-state index contributed by atoms with van der Waals surface area (Å²) in [5, 5.41) is 5.88. The topological polar surface area (TPSA) is 76.4 Å². The average molecular weight is 341 g/mol. The summed E-state index contributed by atoms with van der Waals surface area (Å²) in [4.78, 5) is 15.9. The largest absolute Gasteiger partial charge is 0.573 e. The number of hydrogen-bond donors (Lipinski definition) is 2. The highest BCUT2D eigenvalue weighted by Crippen LogP contribution is 2.28. The summed E-state index contributed by atoms with van der Waals surface area (Å²) in [7, 11) is 0. The second-order valence-corrected chi connectivity index (χ2v) is 5.27. The van der Waals surface area contributed by atoms with Crippen molar-refractivity contribution in [2.75, 3.05) is 13.1 Å². The summed E-state index contributed by atoms with van der Waals surface area (Å²) >= 11 is 0. The molecule has 1 fully saturated rings. The molecule has 1 aliphatic heterocycles. The van der Waals surface area contributed by atoms with E-state index in [0.717, 1.165) is 19.0 Å². The monoisotopic (exact) mass is 341 g/mol. The Kier molecular flexibility index (Phi) is 4.43. The van der Waals surface area contributed by atoms with Crippen LogP contribution in [0.25, 0.3) is 11.3 Å². The molecule has 24 heavy (non-hydrogen) atoms. The molecule has 0 bridgehead atoms. The first-order valence-corrected chi connectivity index (χ1v) is 7.24. The Morgan fingerprint density at radius 3 is 2.96 bits per heavy atom. The third kappa shape index (κ3) is 4.05. The molecule has 9 heteroatoms. The molecule has 2 heterocycles. The minimum atomic E-state index is -4.78. The second-order valence-electron chi connectivity index (χ2n) is 5.27. The Morgan fingerprint density at radius 2 is 2.25 bits per heavy atom. The maximum Gasteiger partial charge on any atom is 0.573 e. The Hall–Kier alpha value is -2.55. The van der Waals surface area contributed by atoms with Gasteiger partial charge in [0.1, 0.15) is 5.75 Å². The molecule has 3 rings (SSSR count). The number of aromatic nitrogens is 1. The maximum atomic E-state index is 12.3. The number of oxazole rings is 1. The van der Waals surface area contributed by atoms with Gasteiger partial charge in [0, 0.05) is 18.2 Å². The highest BCUT2D eigenvalue weighted by Gasteiger charge is 2.31. The van der Waals surface area contributed by atoms with E-state index in [1.54, 1.807) is 0 Å². The Labute approximate surface area is 135 Å². The summed E-state index contributed by atoms with van der Waals surface area (Å²) in [5.41, 5.74) is 0.325. The van der Waals surface area contributed by atoms with E-state index in [9.17, 15) is 18.0 Å². The molecule has 1 atom stereocenters. The highest BCUT2D eigenvalue weighted by molar-refractivity contribution is 5.90. The summed E-state index contributed by atoms with van der Waals surface area (Å²) in [6.45, 7) is 1.50. The van der Waals surface area contributed by atoms with Crippen molar-refractivity contribution in [3.05, 3.63) is 36.4 Å². The minimum Gasteiger partial charge on any atom is -0.432 e. The molecule has 2 aromatic rings. The molecule has 0 spiro atoms. The number of carbonyl (C=O) groups excluding carboxylic acids is 1. The van der Waals surface area contributed by atoms with Crippen molar-refractivity contribution in [2.45, 2.75) is 18.8 Å². The zero-order chi connectivity index (χ0) is 17.2. The van der Waals surface area contributed by atoms with E-state index < -0.39 is 12.3 Å². The lowest BCUT2D eigenvalue weighted by Crippen LogP contribution is -2.36. The summed E-state index contributed by atoms with van der Waals surface area (Å²) < 4.78 is 46.0. The summed E-state index contributed by atoms with van der Waals surface area (Å²) in [5.74, 6) is -0.798. The van der Waals surface area contributed by atoms with E-state index >= 15 is 0 Å². The Bertz CT molecular complexity index is 724. The van der Waals surface area contributed by atoms with Crippen LogP contribution in [0.5, 0.6) is 5.75 Å². The van der Waals surface area contributed by atoms with Gasteiger partial charge >= 0.3 is 12.3 Å². The van der Waals surface area contributed by atoms with Crippen LogP contribution in [0.4, 0.5) is 13.2 Å². The molecule has 6 nitrogen and oxygen atoms in total. The van der Waals surface area contributed by atoms with Gasteiger partial charge in [0.25, 0.3) is 5.89 Å². The van der Waals surface area contributed by atoms with E-state index in [0.29, 0.717) is 12.1 Å². The lowest BCUT2D eigenvalue weighted by Gasteiger charge is -2.09. The van der Waals surface area contributed by atoms with E-state index in [1.165, 1.54) is 24.4 Å². The van der Waals surface area contributed by atoms with Crippen molar-refractivity contribution in [1.29, 1.82) is 0 Å². The van der Waals surface area contributed by atoms with Gasteiger partial charge in [0.15, 0.2) is 5.76 Å². The molecule has 1 aromatic heterocycles. The number of alkyl halides is 3. The van der Waals surface area contributed by atoms with Crippen LogP contribution in [0.15, 0.2) is 34.9 Å². The number of nitrogens with one attached hydrogen (secondary N) is 2. The van der Waals surface area contributed by atoms with Crippen LogP contribution in [0.2, 0.25) is 0 Å². The van der Waals surface area contributed by atoms with Crippen molar-refractivity contribution in [3.63, 3.8) is 0 Å². The van der Waals surface area contributed by atoms with Crippen LogP contribution < -0.4 is 15.4 Å². The number of benzene rings is 1. The number of ether oxygens (including phenoxy) is 1. The number of nitrogens with zero attached hydrogens (tertiary/aromatic N) is 1. The van der Waals surface area contributed by atoms with Gasteiger partial charge in [-0.1, -0.05) is 12.1 Å². The number of carbonyl (C=O) groups is 1. The number of halogens is 3. The second kappa shape index (κ2) is 6.52. The molecule has 1 amide bonds. The van der Waals surface area contributed by atoms with Crippen LogP contribution in [0.3, 0.4) is 0 Å². The maximum absolute atomic E-state index is 12.3. The molecule has 1 unspecified atom stereocenters. The molecular weight excluding hydrogens is 327 g/mol. The Balaban J connectivity index is 1.73. The van der Waals surface area contributed by atoms with Gasteiger partial charge in [-0.2, -0.15) is 0 Å². The first-order valence-electron chi connectivity index (χ1n) is 7.24. The average Bonchev–Trinajstić information content (AvgIpc) is 3.17. The van der Waals surface area contributed by atoms with E-state index in [-0.39, 0.29) is 23.4 Å². The molecule has 1 aliphatic rings. The SMILES string of the molecule is O=C(NC1CCNC1)c1ncc(-c2cccc(OC(F)(F)F)c2)o1. The standard InChI is InChI=1S/C15H14F3N3O3/c16-15(17,18)24-11-3-1-2-9(6-11)12-8-20-14(23-12)13(22)21-10-4-5-19-7-10/h1-3,6,8,10,19H,4-5,7H2,(H,21,22). The summed E-state index contributed by atoms with van der Waals surface area (Å²) in [6.07, 6.45) is -2.68. The van der Waals surface area contributed by atoms with E-state index in [2.05, 4.69) is 20.4 Å². The fraction of sp³-hybridized carbons (Fsp3) is 0.333. The molecule has 0 aliphatic carbocycles. The Morgan fingerprint density at radius 1 is 1.42 bits per heavy atom. The predicted octanol–water partition coefficient (Wildman–Crippen LogP) is 2.33. The first kappa shape index (κ1) is 16.3. The smallest absolute Gasteiger partial charge is 0.432 e. The van der Waals surface area contributed by atoms with Crippen molar-refractivity contribution in [1.82, 2.24) is 15.6 Å². The molecule has 1 aromatic carbocycles. The molecule has 1 saturated heterocycles. The van der Waals surface area contributed by atoms with Crippen molar-refractivity contribution in [3.8, 4) is 17.1 Å². The van der Waals surface area contributed by atoms with Crippen LogP contribution >= 0.6 is 0 Å². The van der Waals surface area contributed by atoms with Gasteiger partial charge in [0.05, 0.1) is 6.20 Å². The lowest BCUT2D eigenvalue weighted by molar-refractivity contribution is -0.274. The normalized spacial score (nSPS) is 17.7. The summed E-state index contributed by atoms with van der Waals surface area (Å²) in [6, 6.07) is 5.27. The third-order valence-corrected chi connectivity index (χ3v) is 3.45. The molecule has 2 N–H and O–H groups in total.